The second-order valence-electron chi connectivity index (χ2n) is 10.4. The molecule has 1 unspecified atom stereocenters. The first-order valence-electron chi connectivity index (χ1n) is 12.5. The predicted octanol–water partition coefficient (Wildman–Crippen LogP) is 2.15. The highest BCUT2D eigenvalue weighted by atomic mass is 19.3. The molecule has 0 aromatic carbocycles. The molecule has 0 aromatic rings. The van der Waals surface area contributed by atoms with E-state index in [0.717, 1.165) is 24.8 Å². The number of carbonyl (C=O) groups is 2. The average molecular weight is 508 g/mol. The smallest absolute Gasteiger partial charge is 0.444 e. The molecule has 2 aliphatic heterocycles. The zero-order chi connectivity index (χ0) is 26.5. The summed E-state index contributed by atoms with van der Waals surface area (Å²) in [4.78, 5) is 28.5. The lowest BCUT2D eigenvalue weighted by atomic mass is 9.76. The summed E-state index contributed by atoms with van der Waals surface area (Å²) in [6, 6.07) is 1.90. The Morgan fingerprint density at radius 1 is 1.39 bits per heavy atom. The Balaban J connectivity index is 1.58. The number of nitriles is 1. The molecule has 198 valence electrons. The van der Waals surface area contributed by atoms with Crippen molar-refractivity contribution < 1.29 is 33.2 Å². The highest BCUT2D eigenvalue weighted by Gasteiger charge is 2.43. The summed E-state index contributed by atoms with van der Waals surface area (Å²) >= 11 is 0. The second-order valence-corrected chi connectivity index (χ2v) is 10.4. The van der Waals surface area contributed by atoms with Crippen LogP contribution in [-0.4, -0.2) is 88.7 Å². The highest BCUT2D eigenvalue weighted by molar-refractivity contribution is 6.43. The van der Waals surface area contributed by atoms with Gasteiger partial charge in [0, 0.05) is 25.0 Å². The van der Waals surface area contributed by atoms with Crippen LogP contribution in [0, 0.1) is 11.3 Å². The standard InChI is InChI=1S/C24H35BF2N4O5/c1-23(2,31-11-9-24(26,27)16-31)13-18(14-28)21(32)30-10-5-8-19(15-30)36-22(33)29-20(25(34)35)12-17-6-3-4-7-17/h6,13,19-20,34-35H,3-5,7-12,15-16H2,1-2H3,(H,29,33)/t19-,20?/m0/s1. The third kappa shape index (κ3) is 7.51. The Hall–Kier alpha value is -2.49. The van der Waals surface area contributed by atoms with Crippen molar-refractivity contribution >= 4 is 19.1 Å². The minimum absolute atomic E-state index is 0.0744. The van der Waals surface area contributed by atoms with E-state index >= 15 is 0 Å². The van der Waals surface area contributed by atoms with Crippen LogP contribution in [0.5, 0.6) is 0 Å². The third-order valence-corrected chi connectivity index (χ3v) is 7.05. The van der Waals surface area contributed by atoms with Gasteiger partial charge in [0.2, 0.25) is 0 Å². The van der Waals surface area contributed by atoms with Gasteiger partial charge in [0.25, 0.3) is 11.8 Å². The van der Waals surface area contributed by atoms with Crippen LogP contribution >= 0.6 is 0 Å². The van der Waals surface area contributed by atoms with Gasteiger partial charge in [0.1, 0.15) is 17.7 Å². The van der Waals surface area contributed by atoms with Crippen molar-refractivity contribution in [3.63, 3.8) is 0 Å². The van der Waals surface area contributed by atoms with E-state index in [-0.39, 0.29) is 25.1 Å². The summed E-state index contributed by atoms with van der Waals surface area (Å²) in [5, 5.41) is 31.4. The number of rotatable bonds is 8. The molecule has 0 spiro atoms. The Morgan fingerprint density at radius 3 is 2.72 bits per heavy atom. The number of amides is 2. The van der Waals surface area contributed by atoms with E-state index in [9.17, 15) is 33.7 Å². The normalized spacial score (nSPS) is 23.6. The fraction of sp³-hybridized carbons (Fsp3) is 0.708. The maximum atomic E-state index is 13.7. The van der Waals surface area contributed by atoms with Gasteiger partial charge < -0.3 is 25.0 Å². The number of halogens is 2. The van der Waals surface area contributed by atoms with Crippen LogP contribution in [0.4, 0.5) is 13.6 Å². The van der Waals surface area contributed by atoms with E-state index in [1.165, 1.54) is 11.0 Å². The molecule has 2 heterocycles. The fourth-order valence-electron chi connectivity index (χ4n) is 4.98. The number of alkyl halides is 2. The number of alkyl carbamates (subject to hydrolysis) is 1. The van der Waals surface area contributed by atoms with Gasteiger partial charge in [-0.3, -0.25) is 9.69 Å². The lowest BCUT2D eigenvalue weighted by molar-refractivity contribution is -0.129. The van der Waals surface area contributed by atoms with Gasteiger partial charge in [-0.1, -0.05) is 11.6 Å². The van der Waals surface area contributed by atoms with Crippen LogP contribution in [0.1, 0.15) is 58.8 Å². The Morgan fingerprint density at radius 2 is 2.14 bits per heavy atom. The molecule has 0 saturated carbocycles. The number of likely N-dealkylation sites (tertiary alicyclic amines) is 2. The number of ether oxygens (including phenoxy) is 1. The maximum absolute atomic E-state index is 13.7. The summed E-state index contributed by atoms with van der Waals surface area (Å²) in [5.41, 5.74) is -0.00550. The molecule has 0 bridgehead atoms. The summed E-state index contributed by atoms with van der Waals surface area (Å²) in [6.07, 6.45) is 5.91. The van der Waals surface area contributed by atoms with Crippen molar-refractivity contribution in [3.8, 4) is 6.07 Å². The Bertz CT molecular complexity index is 934. The van der Waals surface area contributed by atoms with Crippen LogP contribution in [0.25, 0.3) is 0 Å². The van der Waals surface area contributed by atoms with Crippen LogP contribution in [0.15, 0.2) is 23.3 Å². The van der Waals surface area contributed by atoms with Crippen molar-refractivity contribution in [2.75, 3.05) is 26.2 Å². The zero-order valence-electron chi connectivity index (χ0n) is 20.9. The summed E-state index contributed by atoms with van der Waals surface area (Å²) in [5.74, 6) is -4.24. The minimum atomic E-state index is -2.79. The van der Waals surface area contributed by atoms with Gasteiger partial charge in [-0.15, -0.1) is 0 Å². The van der Waals surface area contributed by atoms with Crippen molar-refractivity contribution in [3.05, 3.63) is 23.3 Å². The first-order valence-corrected chi connectivity index (χ1v) is 12.5. The van der Waals surface area contributed by atoms with Crippen LogP contribution < -0.4 is 5.32 Å². The lowest BCUT2D eigenvalue weighted by Gasteiger charge is -2.35. The molecule has 12 heteroatoms. The van der Waals surface area contributed by atoms with Crippen LogP contribution in [0.2, 0.25) is 0 Å². The van der Waals surface area contributed by atoms with Gasteiger partial charge in [0.15, 0.2) is 0 Å². The Kier molecular flexibility index (Phi) is 9.14. The number of piperidine rings is 1. The summed E-state index contributed by atoms with van der Waals surface area (Å²) in [6.45, 7) is 3.56. The van der Waals surface area contributed by atoms with Gasteiger partial charge in [-0.25, -0.2) is 13.6 Å². The molecule has 3 N–H and O–H groups in total. The summed E-state index contributed by atoms with van der Waals surface area (Å²) in [7, 11) is -1.74. The first-order chi connectivity index (χ1) is 16.9. The molecule has 9 nitrogen and oxygen atoms in total. The molecule has 2 atom stereocenters. The minimum Gasteiger partial charge on any atom is -0.444 e. The molecule has 0 radical (unpaired) electrons. The topological polar surface area (TPSA) is 126 Å². The van der Waals surface area contributed by atoms with E-state index < -0.39 is 49.2 Å². The molecule has 1 aliphatic carbocycles. The molecule has 2 saturated heterocycles. The zero-order valence-corrected chi connectivity index (χ0v) is 20.9. The molecule has 2 amide bonds. The number of hydrogen-bond acceptors (Lipinski definition) is 7. The van der Waals surface area contributed by atoms with Gasteiger partial charge in [-0.2, -0.15) is 5.26 Å². The molecule has 2 fully saturated rings. The monoisotopic (exact) mass is 508 g/mol. The third-order valence-electron chi connectivity index (χ3n) is 7.05. The largest absolute Gasteiger partial charge is 0.475 e. The van der Waals surface area contributed by atoms with Gasteiger partial charge >= 0.3 is 13.2 Å². The maximum Gasteiger partial charge on any atom is 0.475 e. The van der Waals surface area contributed by atoms with E-state index in [2.05, 4.69) is 5.32 Å². The number of hydrogen-bond donors (Lipinski definition) is 3. The second kappa shape index (κ2) is 11.7. The van der Waals surface area contributed by atoms with Crippen molar-refractivity contribution in [2.45, 2.75) is 82.3 Å². The predicted molar refractivity (Wildman–Crippen MR) is 129 cm³/mol. The van der Waals surface area contributed by atoms with Crippen molar-refractivity contribution in [1.29, 1.82) is 5.26 Å². The van der Waals surface area contributed by atoms with Gasteiger partial charge in [0.05, 0.1) is 19.0 Å². The fourth-order valence-corrected chi connectivity index (χ4v) is 4.98. The molecule has 36 heavy (non-hydrogen) atoms. The van der Waals surface area contributed by atoms with E-state index in [0.29, 0.717) is 25.8 Å². The Labute approximate surface area is 210 Å². The molecule has 3 rings (SSSR count). The quantitative estimate of drug-likeness (QED) is 0.199. The van der Waals surface area contributed by atoms with Crippen molar-refractivity contribution in [2.24, 2.45) is 0 Å². The summed E-state index contributed by atoms with van der Waals surface area (Å²) < 4.78 is 32.8. The van der Waals surface area contributed by atoms with E-state index in [1.54, 1.807) is 18.7 Å². The van der Waals surface area contributed by atoms with Crippen molar-refractivity contribution in [1.82, 2.24) is 15.1 Å². The molecular weight excluding hydrogens is 473 g/mol. The first kappa shape index (κ1) is 28.1. The van der Waals surface area contributed by atoms with Gasteiger partial charge in [-0.05, 0) is 58.4 Å². The number of allylic oxidation sites excluding steroid dienone is 1. The number of carbonyl (C=O) groups excluding carboxylic acids is 2. The lowest BCUT2D eigenvalue weighted by Crippen LogP contribution is -2.50. The average Bonchev–Trinajstić information content (AvgIpc) is 3.46. The number of nitrogens with one attached hydrogen (secondary N) is 1. The van der Waals surface area contributed by atoms with Crippen LogP contribution in [-0.2, 0) is 9.53 Å². The van der Waals surface area contributed by atoms with E-state index in [4.69, 9.17) is 4.74 Å². The van der Waals surface area contributed by atoms with Crippen LogP contribution in [0.3, 0.4) is 0 Å². The number of nitrogens with zero attached hydrogens (tertiary/aromatic N) is 3. The highest BCUT2D eigenvalue weighted by Crippen LogP contribution is 2.33. The SMILES string of the molecule is CC(C)(C=C(C#N)C(=O)N1CCC[C@H](OC(=O)NC(CC2=CCCC2)B(O)O)C1)N1CCC(F)(F)C1. The molecule has 3 aliphatic rings. The van der Waals surface area contributed by atoms with E-state index in [1.807, 2.05) is 12.1 Å². The molecule has 0 aromatic heterocycles. The molecular formula is C24H35BF2N4O5.